The quantitative estimate of drug-likeness (QED) is 0.202. The summed E-state index contributed by atoms with van der Waals surface area (Å²) < 4.78 is 17.9. The Hall–Kier alpha value is -2.83. The molecule has 3 aromatic carbocycles. The summed E-state index contributed by atoms with van der Waals surface area (Å²) in [5.41, 5.74) is 3.86. The Morgan fingerprint density at radius 1 is 0.697 bits per heavy atom. The van der Waals surface area contributed by atoms with Crippen molar-refractivity contribution < 1.29 is 18.1 Å². The first-order valence-corrected chi connectivity index (χ1v) is 13.2. The van der Waals surface area contributed by atoms with Crippen molar-refractivity contribution >= 4 is 31.9 Å². The summed E-state index contributed by atoms with van der Waals surface area (Å²) in [5, 5.41) is 0.916. The number of benzene rings is 3. The summed E-state index contributed by atoms with van der Waals surface area (Å²) in [6.45, 7) is 7.37. The van der Waals surface area contributed by atoms with Crippen LogP contribution in [0.1, 0.15) is 47.8 Å². The van der Waals surface area contributed by atoms with Crippen molar-refractivity contribution in [3.8, 4) is 0 Å². The van der Waals surface area contributed by atoms with Gasteiger partial charge in [0.2, 0.25) is 0 Å². The van der Waals surface area contributed by atoms with Crippen molar-refractivity contribution in [1.29, 1.82) is 0 Å². The Bertz CT molecular complexity index is 1010. The van der Waals surface area contributed by atoms with Gasteiger partial charge >= 0.3 is 8.80 Å². The first-order chi connectivity index (χ1) is 16.1. The Morgan fingerprint density at radius 3 is 1.73 bits per heavy atom. The van der Waals surface area contributed by atoms with E-state index in [-0.39, 0.29) is 5.78 Å². The molecule has 0 bridgehead atoms. The lowest BCUT2D eigenvalue weighted by Crippen LogP contribution is -2.56. The lowest BCUT2D eigenvalue weighted by molar-refractivity contribution is 0.0859. The summed E-state index contributed by atoms with van der Waals surface area (Å²) in [6, 6.07) is 25.7. The average Bonchev–Trinajstić information content (AvgIpc) is 2.84. The molecule has 0 aromatic heterocycles. The molecule has 4 nitrogen and oxygen atoms in total. The molecule has 33 heavy (non-hydrogen) atoms. The van der Waals surface area contributed by atoms with E-state index in [1.807, 2.05) is 93.6 Å². The molecule has 3 aromatic rings. The lowest BCUT2D eigenvalue weighted by Gasteiger charge is -2.28. The van der Waals surface area contributed by atoms with Crippen LogP contribution < -0.4 is 5.19 Å². The van der Waals surface area contributed by atoms with Crippen LogP contribution in [0.4, 0.5) is 0 Å². The fourth-order valence-electron chi connectivity index (χ4n) is 3.60. The molecule has 0 aliphatic heterocycles. The molecule has 5 heteroatoms. The van der Waals surface area contributed by atoms with Crippen molar-refractivity contribution in [1.82, 2.24) is 0 Å². The third-order valence-corrected chi connectivity index (χ3v) is 8.22. The van der Waals surface area contributed by atoms with E-state index in [2.05, 4.69) is 18.2 Å². The molecule has 0 fully saturated rings. The van der Waals surface area contributed by atoms with Gasteiger partial charge in [0.1, 0.15) is 0 Å². The molecule has 0 unspecified atom stereocenters. The molecule has 0 atom stereocenters. The molecule has 0 saturated heterocycles. The largest absolute Gasteiger partial charge is 0.537 e. The Morgan fingerprint density at radius 2 is 1.21 bits per heavy atom. The van der Waals surface area contributed by atoms with Crippen LogP contribution in [0.15, 0.2) is 78.9 Å². The molecule has 3 rings (SSSR count). The lowest BCUT2D eigenvalue weighted by atomic mass is 10.0. The molecule has 0 saturated carbocycles. The van der Waals surface area contributed by atoms with Crippen LogP contribution in [-0.2, 0) is 19.7 Å². The third-order valence-electron chi connectivity index (χ3n) is 5.18. The predicted molar refractivity (Wildman–Crippen MR) is 137 cm³/mol. The zero-order valence-electron chi connectivity index (χ0n) is 19.6. The van der Waals surface area contributed by atoms with Crippen molar-refractivity contribution in [2.75, 3.05) is 19.8 Å². The highest BCUT2D eigenvalue weighted by molar-refractivity contribution is 6.75. The topological polar surface area (TPSA) is 44.8 Å². The second kappa shape index (κ2) is 12.4. The van der Waals surface area contributed by atoms with Gasteiger partial charge in [-0.1, -0.05) is 91.0 Å². The van der Waals surface area contributed by atoms with Gasteiger partial charge < -0.3 is 13.3 Å². The predicted octanol–water partition coefficient (Wildman–Crippen LogP) is 5.54. The first kappa shape index (κ1) is 24.8. The van der Waals surface area contributed by atoms with Crippen LogP contribution in [-0.4, -0.2) is 34.4 Å². The Kier molecular flexibility index (Phi) is 9.33. The maximum Gasteiger partial charge on any atom is 0.537 e. The number of carbonyl (C=O) groups is 1. The maximum absolute atomic E-state index is 12.8. The standard InChI is InChI=1S/C28H32O4Si/c1-4-30-33(31-5-2,32-6-3)27-20-16-25(17-21-27)22-28(29)26-18-14-24(15-19-26)13-12-23-10-8-7-9-11-23/h7-21H,4-6,22H2,1-3H3/b13-12+. The first-order valence-electron chi connectivity index (χ1n) is 11.5. The maximum atomic E-state index is 12.8. The van der Waals surface area contributed by atoms with Crippen molar-refractivity contribution in [2.45, 2.75) is 27.2 Å². The molecule has 0 amide bonds. The molecule has 0 aliphatic carbocycles. The van der Waals surface area contributed by atoms with Crippen LogP contribution in [0.2, 0.25) is 0 Å². The zero-order chi connectivity index (χ0) is 23.5. The van der Waals surface area contributed by atoms with Crippen molar-refractivity contribution in [2.24, 2.45) is 0 Å². The normalized spacial score (nSPS) is 11.7. The SMILES string of the molecule is CCO[Si](OCC)(OCC)c1ccc(CC(=O)c2ccc(/C=C/c3ccccc3)cc2)cc1. The number of rotatable bonds is 12. The second-order valence-electron chi connectivity index (χ2n) is 7.52. The van der Waals surface area contributed by atoms with Gasteiger partial charge in [0.05, 0.1) is 0 Å². The fraction of sp³-hybridized carbons (Fsp3) is 0.250. The van der Waals surface area contributed by atoms with Crippen LogP contribution in [0.25, 0.3) is 12.2 Å². The van der Waals surface area contributed by atoms with E-state index in [4.69, 9.17) is 13.3 Å². The number of carbonyl (C=O) groups excluding carboxylic acids is 1. The van der Waals surface area contributed by atoms with Crippen LogP contribution in [0, 0.1) is 0 Å². The third kappa shape index (κ3) is 6.82. The van der Waals surface area contributed by atoms with Crippen LogP contribution in [0.5, 0.6) is 0 Å². The van der Waals surface area contributed by atoms with E-state index in [9.17, 15) is 4.79 Å². The zero-order valence-corrected chi connectivity index (χ0v) is 20.6. The van der Waals surface area contributed by atoms with E-state index in [0.29, 0.717) is 31.8 Å². The summed E-state index contributed by atoms with van der Waals surface area (Å²) in [7, 11) is -2.93. The summed E-state index contributed by atoms with van der Waals surface area (Å²) in [5.74, 6) is 0.0873. The van der Waals surface area contributed by atoms with Crippen LogP contribution in [0.3, 0.4) is 0 Å². The van der Waals surface area contributed by atoms with E-state index < -0.39 is 8.80 Å². The number of hydrogen-bond donors (Lipinski definition) is 0. The molecule has 0 spiro atoms. The molecular formula is C28H32O4Si. The van der Waals surface area contributed by atoms with Gasteiger partial charge in [-0.3, -0.25) is 4.79 Å². The summed E-state index contributed by atoms with van der Waals surface area (Å²) in [6.07, 6.45) is 4.45. The van der Waals surface area contributed by atoms with Crippen LogP contribution >= 0.6 is 0 Å². The minimum atomic E-state index is -2.93. The van der Waals surface area contributed by atoms with Gasteiger partial charge in [-0.05, 0) is 37.5 Å². The molecule has 0 aliphatic rings. The van der Waals surface area contributed by atoms with Gasteiger partial charge in [-0.15, -0.1) is 0 Å². The van der Waals surface area contributed by atoms with E-state index in [0.717, 1.165) is 21.9 Å². The molecule has 0 N–H and O–H groups in total. The van der Waals surface area contributed by atoms with Gasteiger partial charge in [0.25, 0.3) is 0 Å². The van der Waals surface area contributed by atoms with Gasteiger partial charge in [0.15, 0.2) is 5.78 Å². The molecule has 0 radical (unpaired) electrons. The summed E-state index contributed by atoms with van der Waals surface area (Å²) in [4.78, 5) is 12.8. The Balaban J connectivity index is 1.67. The van der Waals surface area contributed by atoms with Gasteiger partial charge in [-0.25, -0.2) is 0 Å². The van der Waals surface area contributed by atoms with Gasteiger partial charge in [0, 0.05) is 37.0 Å². The van der Waals surface area contributed by atoms with E-state index in [1.165, 1.54) is 0 Å². The average molecular weight is 461 g/mol. The highest BCUT2D eigenvalue weighted by Crippen LogP contribution is 2.15. The van der Waals surface area contributed by atoms with Crippen molar-refractivity contribution in [3.63, 3.8) is 0 Å². The molecule has 172 valence electrons. The fourth-order valence-corrected chi connectivity index (χ4v) is 6.06. The smallest absolute Gasteiger partial charge is 0.370 e. The minimum Gasteiger partial charge on any atom is -0.370 e. The monoisotopic (exact) mass is 460 g/mol. The number of Topliss-reactive ketones (excluding diaryl/α,β-unsaturated/α-hetero) is 1. The number of hydrogen-bond acceptors (Lipinski definition) is 4. The van der Waals surface area contributed by atoms with E-state index in [1.54, 1.807) is 0 Å². The number of ketones is 1. The summed E-state index contributed by atoms with van der Waals surface area (Å²) >= 11 is 0. The minimum absolute atomic E-state index is 0.0873. The molecular weight excluding hydrogens is 428 g/mol. The molecule has 0 heterocycles. The Labute approximate surface area is 198 Å². The second-order valence-corrected chi connectivity index (χ2v) is 10.1. The highest BCUT2D eigenvalue weighted by atomic mass is 28.4. The van der Waals surface area contributed by atoms with Crippen molar-refractivity contribution in [3.05, 3.63) is 101 Å². The van der Waals surface area contributed by atoms with Gasteiger partial charge in [-0.2, -0.15) is 0 Å². The highest BCUT2D eigenvalue weighted by Gasteiger charge is 2.43. The van der Waals surface area contributed by atoms with E-state index >= 15 is 0 Å².